The lowest BCUT2D eigenvalue weighted by molar-refractivity contribution is -0.170. The zero-order valence-electron chi connectivity index (χ0n) is 24.4. The van der Waals surface area contributed by atoms with Gasteiger partial charge in [-0.25, -0.2) is 0 Å². The van der Waals surface area contributed by atoms with Gasteiger partial charge in [0, 0.05) is 20.3 Å². The Morgan fingerprint density at radius 2 is 1.08 bits per heavy atom. The van der Waals surface area contributed by atoms with Crippen LogP contribution in [0.25, 0.3) is 0 Å². The number of hydrogen-bond acceptors (Lipinski definition) is 6. The fraction of sp³-hybridized carbons (Fsp3) is 0.900. The van der Waals surface area contributed by atoms with Crippen molar-refractivity contribution in [1.82, 2.24) is 5.32 Å². The summed E-state index contributed by atoms with van der Waals surface area (Å²) in [4.78, 5) is 36.1. The molecule has 0 bridgehead atoms. The molecule has 1 amide bonds. The number of rotatable bonds is 25. The minimum Gasteiger partial charge on any atom is -0.459 e. The molecule has 0 aromatic heterocycles. The highest BCUT2D eigenvalue weighted by molar-refractivity contribution is 5.76. The molecule has 2 N–H and O–H groups in total. The summed E-state index contributed by atoms with van der Waals surface area (Å²) < 4.78 is 11.0. The molecule has 0 aliphatic heterocycles. The number of unbranched alkanes of at least 4 members (excludes halogenated alkanes) is 15. The van der Waals surface area contributed by atoms with E-state index in [0.29, 0.717) is 12.8 Å². The zero-order valence-corrected chi connectivity index (χ0v) is 24.4. The van der Waals surface area contributed by atoms with Crippen molar-refractivity contribution in [2.24, 2.45) is 0 Å². The summed E-state index contributed by atoms with van der Waals surface area (Å²) >= 11 is 0. The van der Waals surface area contributed by atoms with Crippen LogP contribution < -0.4 is 5.32 Å². The second kappa shape index (κ2) is 24.7. The second-order valence-electron chi connectivity index (χ2n) is 10.4. The van der Waals surface area contributed by atoms with Crippen LogP contribution in [0, 0.1) is 0 Å². The van der Waals surface area contributed by atoms with Gasteiger partial charge >= 0.3 is 11.9 Å². The van der Waals surface area contributed by atoms with E-state index in [1.54, 1.807) is 0 Å². The van der Waals surface area contributed by atoms with E-state index in [1.165, 1.54) is 71.6 Å². The van der Waals surface area contributed by atoms with Crippen molar-refractivity contribution >= 4 is 17.8 Å². The highest BCUT2D eigenvalue weighted by atomic mass is 16.6. The van der Waals surface area contributed by atoms with Crippen LogP contribution >= 0.6 is 0 Å². The normalized spacial score (nSPS) is 13.5. The van der Waals surface area contributed by atoms with E-state index in [2.05, 4.69) is 19.2 Å². The van der Waals surface area contributed by atoms with E-state index >= 15 is 0 Å². The summed E-state index contributed by atoms with van der Waals surface area (Å²) in [5.41, 5.74) is 0. The van der Waals surface area contributed by atoms with Gasteiger partial charge in [-0.3, -0.25) is 14.4 Å². The average Bonchev–Trinajstić information content (AvgIpc) is 2.85. The van der Waals surface area contributed by atoms with Gasteiger partial charge in [-0.2, -0.15) is 0 Å². The standard InChI is InChI=1S/C30H57NO6/c1-5-7-9-11-12-13-14-15-16-17-19-20-22-28(36-25(3)33)30(37-26(4)34)27(24-32)31-29(35)23-21-18-10-8-6-2/h27-28,30,32H,5-24H2,1-4H3,(H,31,35)/t27-,28+,30-/m0/s1. The molecular formula is C30H57NO6. The highest BCUT2D eigenvalue weighted by Gasteiger charge is 2.35. The van der Waals surface area contributed by atoms with E-state index < -0.39 is 36.8 Å². The Kier molecular flexibility index (Phi) is 23.6. The largest absolute Gasteiger partial charge is 0.459 e. The van der Waals surface area contributed by atoms with Crippen LogP contribution in [0.3, 0.4) is 0 Å². The van der Waals surface area contributed by atoms with Crippen molar-refractivity contribution in [3.05, 3.63) is 0 Å². The minimum atomic E-state index is -0.928. The van der Waals surface area contributed by atoms with E-state index in [9.17, 15) is 19.5 Å². The number of nitrogens with one attached hydrogen (secondary N) is 1. The lowest BCUT2D eigenvalue weighted by Crippen LogP contribution is -2.53. The van der Waals surface area contributed by atoms with E-state index in [-0.39, 0.29) is 5.91 Å². The number of aliphatic hydroxyl groups excluding tert-OH is 1. The number of hydrogen-bond donors (Lipinski definition) is 2. The van der Waals surface area contributed by atoms with E-state index in [1.807, 2.05) is 0 Å². The van der Waals surface area contributed by atoms with Gasteiger partial charge in [0.1, 0.15) is 6.10 Å². The molecule has 0 heterocycles. The fourth-order valence-electron chi connectivity index (χ4n) is 4.70. The molecule has 0 spiro atoms. The van der Waals surface area contributed by atoms with Crippen LogP contribution in [0.1, 0.15) is 150 Å². The monoisotopic (exact) mass is 527 g/mol. The quantitative estimate of drug-likeness (QED) is 0.100. The van der Waals surface area contributed by atoms with Gasteiger partial charge in [0.15, 0.2) is 6.10 Å². The molecule has 7 nitrogen and oxygen atoms in total. The molecule has 0 unspecified atom stereocenters. The smallest absolute Gasteiger partial charge is 0.303 e. The predicted molar refractivity (Wildman–Crippen MR) is 149 cm³/mol. The molecule has 0 aromatic rings. The maximum absolute atomic E-state index is 12.5. The van der Waals surface area contributed by atoms with Gasteiger partial charge in [0.25, 0.3) is 0 Å². The highest BCUT2D eigenvalue weighted by Crippen LogP contribution is 2.19. The summed E-state index contributed by atoms with van der Waals surface area (Å²) in [6.45, 7) is 6.58. The Balaban J connectivity index is 4.65. The first-order valence-corrected chi connectivity index (χ1v) is 15.1. The molecule has 0 saturated heterocycles. The fourth-order valence-corrected chi connectivity index (χ4v) is 4.70. The molecule has 0 aliphatic carbocycles. The van der Waals surface area contributed by atoms with E-state index in [4.69, 9.17) is 9.47 Å². The van der Waals surface area contributed by atoms with Crippen LogP contribution in [0.15, 0.2) is 0 Å². The molecule has 0 fully saturated rings. The Morgan fingerprint density at radius 3 is 1.51 bits per heavy atom. The summed E-state index contributed by atoms with van der Waals surface area (Å²) in [7, 11) is 0. The van der Waals surface area contributed by atoms with Crippen molar-refractivity contribution < 1.29 is 29.0 Å². The summed E-state index contributed by atoms with van der Waals surface area (Å²) in [5.74, 6) is -1.20. The molecule has 3 atom stereocenters. The second-order valence-corrected chi connectivity index (χ2v) is 10.4. The number of carbonyl (C=O) groups is 3. The van der Waals surface area contributed by atoms with Crippen molar-refractivity contribution in [3.63, 3.8) is 0 Å². The van der Waals surface area contributed by atoms with Crippen molar-refractivity contribution in [2.45, 2.75) is 168 Å². The number of carbonyl (C=O) groups excluding carboxylic acids is 3. The number of aliphatic hydroxyl groups is 1. The Hall–Kier alpha value is -1.63. The molecular weight excluding hydrogens is 470 g/mol. The molecule has 0 saturated carbocycles. The lowest BCUT2D eigenvalue weighted by Gasteiger charge is -2.32. The Labute approximate surface area is 226 Å². The van der Waals surface area contributed by atoms with Gasteiger partial charge < -0.3 is 19.9 Å². The predicted octanol–water partition coefficient (Wildman–Crippen LogP) is 6.78. The lowest BCUT2D eigenvalue weighted by atomic mass is 9.98. The molecule has 37 heavy (non-hydrogen) atoms. The van der Waals surface area contributed by atoms with Crippen molar-refractivity contribution in [3.8, 4) is 0 Å². The minimum absolute atomic E-state index is 0.195. The summed E-state index contributed by atoms with van der Waals surface area (Å²) in [5, 5.41) is 12.8. The third kappa shape index (κ3) is 21.0. The first-order valence-electron chi connectivity index (χ1n) is 15.1. The number of amides is 1. The molecule has 0 aromatic carbocycles. The van der Waals surface area contributed by atoms with Gasteiger partial charge in [0.05, 0.1) is 12.6 Å². The van der Waals surface area contributed by atoms with Crippen LogP contribution in [0.2, 0.25) is 0 Å². The topological polar surface area (TPSA) is 102 Å². The zero-order chi connectivity index (χ0) is 27.7. The summed E-state index contributed by atoms with van der Waals surface area (Å²) in [6, 6.07) is -0.825. The van der Waals surface area contributed by atoms with Crippen molar-refractivity contribution in [2.75, 3.05) is 6.61 Å². The number of ether oxygens (including phenoxy) is 2. The maximum atomic E-state index is 12.5. The Bertz CT molecular complexity index is 582. The van der Waals surface area contributed by atoms with Gasteiger partial charge in [-0.1, -0.05) is 110 Å². The molecule has 0 aliphatic rings. The van der Waals surface area contributed by atoms with Crippen LogP contribution in [0.5, 0.6) is 0 Å². The third-order valence-electron chi connectivity index (χ3n) is 6.78. The van der Waals surface area contributed by atoms with Crippen LogP contribution in [-0.2, 0) is 23.9 Å². The maximum Gasteiger partial charge on any atom is 0.303 e. The molecule has 7 heteroatoms. The van der Waals surface area contributed by atoms with Crippen LogP contribution in [-0.4, -0.2) is 47.8 Å². The first kappa shape index (κ1) is 35.4. The Morgan fingerprint density at radius 1 is 0.649 bits per heavy atom. The van der Waals surface area contributed by atoms with E-state index in [0.717, 1.165) is 51.4 Å². The number of esters is 2. The van der Waals surface area contributed by atoms with Gasteiger partial charge in [-0.15, -0.1) is 0 Å². The van der Waals surface area contributed by atoms with Gasteiger partial charge in [0.2, 0.25) is 5.91 Å². The molecule has 0 rings (SSSR count). The van der Waals surface area contributed by atoms with Gasteiger partial charge in [-0.05, 0) is 19.3 Å². The molecule has 0 radical (unpaired) electrons. The summed E-state index contributed by atoms with van der Waals surface area (Å²) in [6.07, 6.45) is 19.0. The average molecular weight is 528 g/mol. The van der Waals surface area contributed by atoms with Crippen LogP contribution in [0.4, 0.5) is 0 Å². The SMILES string of the molecule is CCCCCCCCCCCCCC[C@@H](OC(C)=O)[C@@H](OC(C)=O)[C@H](CO)NC(=O)CCCCCCC. The van der Waals surface area contributed by atoms with Crippen molar-refractivity contribution in [1.29, 1.82) is 0 Å². The first-order chi connectivity index (χ1) is 17.8. The molecule has 218 valence electrons. The third-order valence-corrected chi connectivity index (χ3v) is 6.78.